The maximum Gasteiger partial charge on any atom is 1.00 e. The Kier molecular flexibility index (Phi) is 8.22. The molecule has 4 atom stereocenters. The molecule has 2 rings (SSSR count). The van der Waals surface area contributed by atoms with Crippen LogP contribution >= 0.6 is 0 Å². The van der Waals surface area contributed by atoms with Gasteiger partial charge in [-0.1, -0.05) is 54.6 Å². The topological polar surface area (TPSA) is 63.6 Å². The van der Waals surface area contributed by atoms with E-state index in [-0.39, 0.29) is 45.6 Å². The summed E-state index contributed by atoms with van der Waals surface area (Å²) >= 11 is 0. The largest absolute Gasteiger partial charge is 1.00 e. The first-order valence-electron chi connectivity index (χ1n) is 8.45. The molecule has 4 nitrogen and oxygen atoms in total. The number of rotatable bonds is 4. The Labute approximate surface area is 175 Å². The zero-order valence-corrected chi connectivity index (χ0v) is 19.6. The molecule has 25 heavy (non-hydrogen) atoms. The molecule has 1 aromatic carbocycles. The van der Waals surface area contributed by atoms with E-state index >= 15 is 0 Å². The van der Waals surface area contributed by atoms with Gasteiger partial charge in [-0.15, -0.1) is 3.77 Å². The van der Waals surface area contributed by atoms with Crippen LogP contribution in [-0.4, -0.2) is 17.9 Å². The predicted molar refractivity (Wildman–Crippen MR) is 99.4 cm³/mol. The Balaban J connectivity index is 0.00000312. The Hall–Kier alpha value is 0.120. The van der Waals surface area contributed by atoms with Crippen LogP contribution in [-0.2, 0) is 19.8 Å². The maximum atomic E-state index is 13.2. The minimum absolute atomic E-state index is 0. The van der Waals surface area contributed by atoms with E-state index in [2.05, 4.69) is 30.8 Å². The molecule has 0 spiro atoms. The van der Waals surface area contributed by atoms with Gasteiger partial charge in [-0.2, -0.15) is 8.42 Å². The van der Waals surface area contributed by atoms with Crippen molar-refractivity contribution in [3.63, 3.8) is 0 Å². The summed E-state index contributed by atoms with van der Waals surface area (Å²) in [7, 11) is -7.05. The predicted octanol–water partition coefficient (Wildman–Crippen LogP) is 1.41. The Bertz CT molecular complexity index is 794. The number of aryl methyl sites for hydroxylation is 1. The van der Waals surface area contributed by atoms with Crippen molar-refractivity contribution in [2.45, 2.75) is 57.1 Å². The Morgan fingerprint density at radius 2 is 1.68 bits per heavy atom. The SMILES string of the molecule is [CH2-][S@](=O)(=NS(=O)(=O)c1ccc(C)cc1)[C@H]1C[C@H](C)CC[C@H]1C(C)C.[Na+]. The molecular weight excluding hydrogens is 365 g/mol. The molecule has 7 heteroatoms. The number of sulfonamides is 1. The molecule has 0 aliphatic heterocycles. The van der Waals surface area contributed by atoms with E-state index in [9.17, 15) is 12.6 Å². The van der Waals surface area contributed by atoms with Gasteiger partial charge in [-0.25, -0.2) is 6.26 Å². The van der Waals surface area contributed by atoms with E-state index in [1.165, 1.54) is 12.1 Å². The van der Waals surface area contributed by atoms with E-state index in [4.69, 9.17) is 0 Å². The summed E-state index contributed by atoms with van der Waals surface area (Å²) < 4.78 is 42.2. The fraction of sp³-hybridized carbons (Fsp3) is 0.611. The van der Waals surface area contributed by atoms with E-state index in [0.717, 1.165) is 24.8 Å². The van der Waals surface area contributed by atoms with Crippen LogP contribution in [0.4, 0.5) is 0 Å². The fourth-order valence-corrected chi connectivity index (χ4v) is 7.73. The van der Waals surface area contributed by atoms with Crippen LogP contribution in [0.15, 0.2) is 32.9 Å². The number of hydrogen-bond donors (Lipinski definition) is 0. The summed E-state index contributed by atoms with van der Waals surface area (Å²) in [5.74, 6) is 0.954. The van der Waals surface area contributed by atoms with Crippen LogP contribution in [0.2, 0.25) is 0 Å². The second-order valence-corrected chi connectivity index (χ2v) is 11.4. The number of benzene rings is 1. The van der Waals surface area contributed by atoms with Crippen molar-refractivity contribution in [3.05, 3.63) is 36.1 Å². The zero-order valence-electron chi connectivity index (χ0n) is 15.9. The first-order chi connectivity index (χ1) is 11.0. The molecule has 136 valence electrons. The van der Waals surface area contributed by atoms with E-state index in [1.54, 1.807) is 12.1 Å². The van der Waals surface area contributed by atoms with Crippen LogP contribution < -0.4 is 29.6 Å². The van der Waals surface area contributed by atoms with Crippen LogP contribution in [0.3, 0.4) is 0 Å². The molecule has 0 saturated heterocycles. The van der Waals surface area contributed by atoms with Crippen molar-refractivity contribution in [3.8, 4) is 0 Å². The quantitative estimate of drug-likeness (QED) is 0.574. The molecule has 1 aliphatic carbocycles. The molecule has 0 amide bonds. The summed E-state index contributed by atoms with van der Waals surface area (Å²) in [5.41, 5.74) is 0.963. The van der Waals surface area contributed by atoms with Crippen molar-refractivity contribution >= 4 is 19.8 Å². The van der Waals surface area contributed by atoms with Gasteiger partial charge in [0.1, 0.15) is 0 Å². The second-order valence-electron chi connectivity index (χ2n) is 7.42. The van der Waals surface area contributed by atoms with Gasteiger partial charge in [-0.05, 0) is 49.7 Å². The van der Waals surface area contributed by atoms with Crippen LogP contribution in [0, 0.1) is 30.9 Å². The normalized spacial score (nSPS) is 26.6. The van der Waals surface area contributed by atoms with Crippen LogP contribution in [0.1, 0.15) is 45.6 Å². The second kappa shape index (κ2) is 8.87. The molecule has 1 aromatic rings. The van der Waals surface area contributed by atoms with Gasteiger partial charge in [0.15, 0.2) is 0 Å². The average molecular weight is 394 g/mol. The van der Waals surface area contributed by atoms with Gasteiger partial charge in [0.05, 0.1) is 4.90 Å². The van der Waals surface area contributed by atoms with E-state index in [0.29, 0.717) is 11.8 Å². The summed E-state index contributed by atoms with van der Waals surface area (Å²) in [6.07, 6.45) is 6.53. The van der Waals surface area contributed by atoms with Gasteiger partial charge >= 0.3 is 29.6 Å². The molecule has 0 radical (unpaired) electrons. The summed E-state index contributed by atoms with van der Waals surface area (Å²) in [6, 6.07) is 6.44. The van der Waals surface area contributed by atoms with Crippen molar-refractivity contribution in [2.75, 3.05) is 0 Å². The number of hydrogen-bond acceptors (Lipinski definition) is 3. The minimum atomic E-state index is -3.96. The monoisotopic (exact) mass is 393 g/mol. The number of nitrogens with zero attached hydrogens (tertiary/aromatic N) is 1. The molecule has 1 fully saturated rings. The summed E-state index contributed by atoms with van der Waals surface area (Å²) in [6.45, 7) is 8.19. The molecule has 0 heterocycles. The van der Waals surface area contributed by atoms with E-state index < -0.39 is 19.8 Å². The van der Waals surface area contributed by atoms with Crippen molar-refractivity contribution in [1.82, 2.24) is 0 Å². The van der Waals surface area contributed by atoms with Crippen LogP contribution in [0.25, 0.3) is 0 Å². The average Bonchev–Trinajstić information content (AvgIpc) is 2.46. The third-order valence-electron chi connectivity index (χ3n) is 4.98. The maximum absolute atomic E-state index is 13.2. The first-order valence-corrected chi connectivity index (χ1v) is 11.6. The van der Waals surface area contributed by atoms with Gasteiger partial charge < -0.3 is 0 Å². The fourth-order valence-electron chi connectivity index (χ4n) is 3.51. The Morgan fingerprint density at radius 3 is 2.20 bits per heavy atom. The van der Waals surface area contributed by atoms with Crippen LogP contribution in [0.5, 0.6) is 0 Å². The molecule has 0 bridgehead atoms. The molecular formula is C18H28NNaO3S2. The molecule has 0 N–H and O–H groups in total. The molecule has 1 aliphatic rings. The van der Waals surface area contributed by atoms with Gasteiger partial charge in [0, 0.05) is 5.25 Å². The van der Waals surface area contributed by atoms with Crippen molar-refractivity contribution < 1.29 is 42.2 Å². The standard InChI is InChI=1S/C18H28NO3S2.Na/c1-13(2)17-11-8-15(4)12-18(17)23(5,20)19-24(21,22)16-9-6-14(3)7-10-16;/h6-7,9-10,13,15,17-18H,5,8,11-12H2,1-4H3;/q-1;+1/t15-,17+,18+,23-;/m1./s1. The Morgan fingerprint density at radius 1 is 1.12 bits per heavy atom. The zero-order chi connectivity index (χ0) is 18.1. The molecule has 0 unspecified atom stereocenters. The van der Waals surface area contributed by atoms with Crippen molar-refractivity contribution in [1.29, 1.82) is 0 Å². The first kappa shape index (κ1) is 23.2. The van der Waals surface area contributed by atoms with Gasteiger partial charge in [0.25, 0.3) is 10.0 Å². The molecule has 1 saturated carbocycles. The third kappa shape index (κ3) is 5.80. The summed E-state index contributed by atoms with van der Waals surface area (Å²) in [5, 5.41) is -0.276. The molecule has 0 aromatic heterocycles. The third-order valence-corrected chi connectivity index (χ3v) is 9.13. The summed E-state index contributed by atoms with van der Waals surface area (Å²) in [4.78, 5) is 0.0782. The smallest absolute Gasteiger partial charge is 0.281 e. The van der Waals surface area contributed by atoms with Gasteiger partial charge in [-0.3, -0.25) is 4.21 Å². The minimum Gasteiger partial charge on any atom is -0.281 e. The van der Waals surface area contributed by atoms with Gasteiger partial charge in [0.2, 0.25) is 0 Å². The van der Waals surface area contributed by atoms with E-state index in [1.807, 2.05) is 6.92 Å². The van der Waals surface area contributed by atoms with Crippen molar-refractivity contribution in [2.24, 2.45) is 21.5 Å².